The first-order valence-electron chi connectivity index (χ1n) is 8.65. The van der Waals surface area contributed by atoms with E-state index in [1.54, 1.807) is 30.6 Å². The Bertz CT molecular complexity index is 1020. The van der Waals surface area contributed by atoms with Gasteiger partial charge in [0.05, 0.1) is 19.9 Å². The van der Waals surface area contributed by atoms with Crippen LogP contribution in [-0.2, 0) is 4.79 Å². The monoisotopic (exact) mass is 381 g/mol. The van der Waals surface area contributed by atoms with Gasteiger partial charge >= 0.3 is 0 Å². The molecule has 3 heterocycles. The molecule has 1 aliphatic heterocycles. The number of amides is 1. The summed E-state index contributed by atoms with van der Waals surface area (Å²) in [6, 6.07) is 5.13. The second-order valence-corrected chi connectivity index (χ2v) is 6.39. The molecule has 0 saturated heterocycles. The lowest BCUT2D eigenvalue weighted by molar-refractivity contribution is -0.116. The number of hydrogen-bond acceptors (Lipinski definition) is 7. The van der Waals surface area contributed by atoms with Crippen molar-refractivity contribution in [3.63, 3.8) is 0 Å². The number of nitrogens with zero attached hydrogens (tertiary/aromatic N) is 4. The van der Waals surface area contributed by atoms with Gasteiger partial charge in [-0.2, -0.15) is 9.78 Å². The minimum absolute atomic E-state index is 0.0839. The zero-order chi connectivity index (χ0) is 19.8. The lowest BCUT2D eigenvalue weighted by atomic mass is 9.85. The van der Waals surface area contributed by atoms with Crippen LogP contribution in [0, 0.1) is 6.92 Å². The molecule has 144 valence electrons. The quantitative estimate of drug-likeness (QED) is 0.712. The van der Waals surface area contributed by atoms with Crippen molar-refractivity contribution in [1.29, 1.82) is 0 Å². The number of anilines is 1. The summed E-state index contributed by atoms with van der Waals surface area (Å²) >= 11 is 0. The fourth-order valence-corrected chi connectivity index (χ4v) is 3.49. The van der Waals surface area contributed by atoms with Crippen molar-refractivity contribution in [3.8, 4) is 23.2 Å². The van der Waals surface area contributed by atoms with Crippen LogP contribution in [0.15, 0.2) is 30.6 Å². The number of nitrogens with one attached hydrogen (secondary N) is 1. The Morgan fingerprint density at radius 1 is 1.18 bits per heavy atom. The number of rotatable bonds is 4. The summed E-state index contributed by atoms with van der Waals surface area (Å²) in [5.74, 6) is 0.936. The predicted octanol–water partition coefficient (Wildman–Crippen LogP) is 2.17. The van der Waals surface area contributed by atoms with Gasteiger partial charge in [-0.15, -0.1) is 0 Å². The molecular weight excluding hydrogens is 362 g/mol. The summed E-state index contributed by atoms with van der Waals surface area (Å²) in [6.45, 7) is 1.87. The highest BCUT2D eigenvalue weighted by molar-refractivity contribution is 5.95. The maximum Gasteiger partial charge on any atom is 0.252 e. The molecular formula is C19H19N5O4. The Kier molecular flexibility index (Phi) is 4.34. The number of carbonyl (C=O) groups is 1. The second kappa shape index (κ2) is 6.84. The van der Waals surface area contributed by atoms with E-state index in [1.165, 1.54) is 18.9 Å². The third kappa shape index (κ3) is 2.81. The number of carbonyl (C=O) groups excluding carboxylic acids is 1. The molecule has 0 saturated carbocycles. The smallest absolute Gasteiger partial charge is 0.252 e. The molecule has 1 aromatic carbocycles. The van der Waals surface area contributed by atoms with E-state index in [-0.39, 0.29) is 35.5 Å². The van der Waals surface area contributed by atoms with Gasteiger partial charge in [0.15, 0.2) is 11.5 Å². The van der Waals surface area contributed by atoms with Gasteiger partial charge in [-0.1, -0.05) is 0 Å². The minimum atomic E-state index is -0.287. The van der Waals surface area contributed by atoms with Crippen LogP contribution < -0.4 is 14.8 Å². The van der Waals surface area contributed by atoms with Gasteiger partial charge < -0.3 is 19.9 Å². The van der Waals surface area contributed by atoms with E-state index < -0.39 is 0 Å². The normalized spacial score (nSPS) is 15.7. The van der Waals surface area contributed by atoms with Crippen LogP contribution in [0.25, 0.3) is 5.95 Å². The maximum absolute atomic E-state index is 12.5. The van der Waals surface area contributed by atoms with Gasteiger partial charge in [-0.3, -0.25) is 4.79 Å². The zero-order valence-electron chi connectivity index (χ0n) is 15.6. The van der Waals surface area contributed by atoms with Crippen LogP contribution in [0.3, 0.4) is 0 Å². The average Bonchev–Trinajstić information content (AvgIpc) is 3.04. The molecule has 4 rings (SSSR count). The number of aryl methyl sites for hydroxylation is 1. The minimum Gasteiger partial charge on any atom is -0.502 e. The largest absolute Gasteiger partial charge is 0.502 e. The van der Waals surface area contributed by atoms with Gasteiger partial charge in [0.2, 0.25) is 11.7 Å². The Hall–Kier alpha value is -3.62. The van der Waals surface area contributed by atoms with Gasteiger partial charge in [0.25, 0.3) is 5.95 Å². The van der Waals surface area contributed by atoms with Gasteiger partial charge in [-0.05, 0) is 30.7 Å². The Labute approximate surface area is 161 Å². The fourth-order valence-electron chi connectivity index (χ4n) is 3.49. The van der Waals surface area contributed by atoms with Crippen molar-refractivity contribution in [1.82, 2.24) is 19.7 Å². The van der Waals surface area contributed by atoms with Crippen LogP contribution in [0.4, 0.5) is 5.82 Å². The van der Waals surface area contributed by atoms with E-state index in [1.807, 2.05) is 6.92 Å². The third-order valence-corrected chi connectivity index (χ3v) is 4.75. The van der Waals surface area contributed by atoms with Crippen LogP contribution in [0.2, 0.25) is 0 Å². The number of phenolic OH excluding ortho intramolecular Hbond substituents is 1. The van der Waals surface area contributed by atoms with Crippen molar-refractivity contribution in [3.05, 3.63) is 47.4 Å². The van der Waals surface area contributed by atoms with Crippen LogP contribution in [0.5, 0.6) is 17.2 Å². The molecule has 0 fully saturated rings. The molecule has 1 aliphatic rings. The van der Waals surface area contributed by atoms with E-state index in [4.69, 9.17) is 9.47 Å². The lowest BCUT2D eigenvalue weighted by Crippen LogP contribution is -2.25. The summed E-state index contributed by atoms with van der Waals surface area (Å²) in [4.78, 5) is 20.9. The van der Waals surface area contributed by atoms with Gasteiger partial charge in [-0.25, -0.2) is 9.97 Å². The molecule has 9 heteroatoms. The highest BCUT2D eigenvalue weighted by atomic mass is 16.5. The van der Waals surface area contributed by atoms with Crippen molar-refractivity contribution in [2.75, 3.05) is 19.5 Å². The van der Waals surface area contributed by atoms with E-state index in [2.05, 4.69) is 20.4 Å². The molecule has 3 aromatic rings. The SMILES string of the molecule is COc1cc([C@@H]2CC(=O)Nc3c2c(C)nn3-c2ncccn2)cc(OC)c1O. The lowest BCUT2D eigenvalue weighted by Gasteiger charge is -2.25. The molecule has 0 unspecified atom stereocenters. The first-order chi connectivity index (χ1) is 13.5. The van der Waals surface area contributed by atoms with E-state index >= 15 is 0 Å². The summed E-state index contributed by atoms with van der Waals surface area (Å²) in [6.07, 6.45) is 3.46. The molecule has 9 nitrogen and oxygen atoms in total. The molecule has 28 heavy (non-hydrogen) atoms. The number of aromatic hydroxyl groups is 1. The summed E-state index contributed by atoms with van der Waals surface area (Å²) in [5.41, 5.74) is 2.39. The Balaban J connectivity index is 1.89. The maximum atomic E-state index is 12.5. The average molecular weight is 381 g/mol. The molecule has 0 bridgehead atoms. The van der Waals surface area contributed by atoms with Crippen molar-refractivity contribution in [2.24, 2.45) is 0 Å². The molecule has 1 amide bonds. The number of fused-ring (bicyclic) bond motifs is 1. The Morgan fingerprint density at radius 2 is 1.82 bits per heavy atom. The van der Waals surface area contributed by atoms with E-state index in [0.29, 0.717) is 11.8 Å². The summed E-state index contributed by atoms with van der Waals surface area (Å²) in [7, 11) is 2.93. The number of methoxy groups -OCH3 is 2. The predicted molar refractivity (Wildman–Crippen MR) is 100 cm³/mol. The molecule has 2 aromatic heterocycles. The standard InChI is InChI=1S/C19H19N5O4/c1-10-16-12(11-7-13(27-2)17(26)14(8-11)28-3)9-15(25)22-18(16)24(23-10)19-20-5-4-6-21-19/h4-8,12,26H,9H2,1-3H3,(H,22,25)/t12-/m0/s1. The van der Waals surface area contributed by atoms with Gasteiger partial charge in [0.1, 0.15) is 5.82 Å². The highest BCUT2D eigenvalue weighted by Crippen LogP contribution is 2.45. The van der Waals surface area contributed by atoms with Crippen molar-refractivity contribution in [2.45, 2.75) is 19.3 Å². The first kappa shape index (κ1) is 17.8. The topological polar surface area (TPSA) is 111 Å². The van der Waals surface area contributed by atoms with Crippen molar-refractivity contribution < 1.29 is 19.4 Å². The number of phenols is 1. The highest BCUT2D eigenvalue weighted by Gasteiger charge is 2.34. The number of ether oxygens (including phenoxy) is 2. The Morgan fingerprint density at radius 3 is 2.43 bits per heavy atom. The first-order valence-corrected chi connectivity index (χ1v) is 8.65. The van der Waals surface area contributed by atoms with E-state index in [9.17, 15) is 9.90 Å². The molecule has 2 N–H and O–H groups in total. The number of hydrogen-bond donors (Lipinski definition) is 2. The van der Waals surface area contributed by atoms with Crippen molar-refractivity contribution >= 4 is 11.7 Å². The molecule has 0 radical (unpaired) electrons. The van der Waals surface area contributed by atoms with Gasteiger partial charge in [0, 0.05) is 30.3 Å². The molecule has 0 aliphatic carbocycles. The van der Waals surface area contributed by atoms with Crippen LogP contribution in [0.1, 0.15) is 29.2 Å². The summed E-state index contributed by atoms with van der Waals surface area (Å²) in [5, 5.41) is 17.6. The zero-order valence-corrected chi connectivity index (χ0v) is 15.6. The number of aromatic nitrogens is 4. The molecule has 0 spiro atoms. The van der Waals surface area contributed by atoms with Crippen LogP contribution in [-0.4, -0.2) is 45.0 Å². The summed E-state index contributed by atoms with van der Waals surface area (Å²) < 4.78 is 12.1. The molecule has 1 atom stereocenters. The van der Waals surface area contributed by atoms with E-state index in [0.717, 1.165) is 16.8 Å². The fraction of sp³-hybridized carbons (Fsp3) is 0.263. The third-order valence-electron chi connectivity index (χ3n) is 4.75. The second-order valence-electron chi connectivity index (χ2n) is 6.39. The van der Waals surface area contributed by atoms with Crippen LogP contribution >= 0.6 is 0 Å². The number of benzene rings is 1.